The fourth-order valence-electron chi connectivity index (χ4n) is 1.83. The Bertz CT molecular complexity index is 577. The highest BCUT2D eigenvalue weighted by Crippen LogP contribution is 2.23. The molecule has 0 saturated carbocycles. The van der Waals surface area contributed by atoms with Crippen molar-refractivity contribution in [3.8, 4) is 11.3 Å². The summed E-state index contributed by atoms with van der Waals surface area (Å²) in [6.45, 7) is 6.31. The average molecular weight is 258 g/mol. The highest BCUT2D eigenvalue weighted by atomic mass is 16.4. The van der Waals surface area contributed by atoms with Crippen LogP contribution in [0.4, 0.5) is 0 Å². The third kappa shape index (κ3) is 3.22. The third-order valence-electron chi connectivity index (χ3n) is 2.91. The Morgan fingerprint density at radius 3 is 2.37 bits per heavy atom. The Labute approximate surface area is 112 Å². The van der Waals surface area contributed by atoms with Crippen LogP contribution in [0.5, 0.6) is 0 Å². The number of carboxylic acid groups (broad SMARTS) is 1. The molecule has 100 valence electrons. The SMILES string of the molecule is CC(C)(C)c1ncc(-c2ccc(CC(=O)O)cc2)[nH]1. The Morgan fingerprint density at radius 1 is 1.26 bits per heavy atom. The molecule has 0 spiro atoms. The summed E-state index contributed by atoms with van der Waals surface area (Å²) in [5.74, 6) is 0.126. The number of hydrogen-bond donors (Lipinski definition) is 2. The second-order valence-corrected chi connectivity index (χ2v) is 5.66. The lowest BCUT2D eigenvalue weighted by molar-refractivity contribution is -0.136. The van der Waals surface area contributed by atoms with Crippen molar-refractivity contribution in [1.82, 2.24) is 9.97 Å². The summed E-state index contributed by atoms with van der Waals surface area (Å²) in [7, 11) is 0. The molecule has 0 aliphatic rings. The fraction of sp³-hybridized carbons (Fsp3) is 0.333. The molecule has 0 saturated heterocycles. The van der Waals surface area contributed by atoms with Gasteiger partial charge in [-0.15, -0.1) is 0 Å². The molecule has 2 rings (SSSR count). The summed E-state index contributed by atoms with van der Waals surface area (Å²) in [5.41, 5.74) is 2.75. The average Bonchev–Trinajstić information content (AvgIpc) is 2.78. The minimum absolute atomic E-state index is 0.0124. The van der Waals surface area contributed by atoms with Crippen LogP contribution in [0.15, 0.2) is 30.5 Å². The zero-order chi connectivity index (χ0) is 14.0. The maximum Gasteiger partial charge on any atom is 0.307 e. The fourth-order valence-corrected chi connectivity index (χ4v) is 1.83. The van der Waals surface area contributed by atoms with Crippen LogP contribution in [-0.2, 0) is 16.6 Å². The van der Waals surface area contributed by atoms with E-state index < -0.39 is 5.97 Å². The molecule has 0 unspecified atom stereocenters. The Kier molecular flexibility index (Phi) is 3.42. The molecule has 0 aliphatic heterocycles. The lowest BCUT2D eigenvalue weighted by atomic mass is 9.96. The van der Waals surface area contributed by atoms with E-state index in [-0.39, 0.29) is 11.8 Å². The molecule has 4 nitrogen and oxygen atoms in total. The lowest BCUT2D eigenvalue weighted by Crippen LogP contribution is -2.13. The van der Waals surface area contributed by atoms with E-state index in [9.17, 15) is 4.79 Å². The van der Waals surface area contributed by atoms with Gasteiger partial charge >= 0.3 is 5.97 Å². The molecule has 0 radical (unpaired) electrons. The van der Waals surface area contributed by atoms with Gasteiger partial charge in [-0.05, 0) is 11.1 Å². The van der Waals surface area contributed by atoms with Gasteiger partial charge in [-0.2, -0.15) is 0 Å². The van der Waals surface area contributed by atoms with Crippen LogP contribution in [0.3, 0.4) is 0 Å². The quantitative estimate of drug-likeness (QED) is 0.889. The van der Waals surface area contributed by atoms with Crippen LogP contribution in [0.1, 0.15) is 32.2 Å². The number of rotatable bonds is 3. The minimum Gasteiger partial charge on any atom is -0.481 e. The first-order valence-corrected chi connectivity index (χ1v) is 6.23. The maximum absolute atomic E-state index is 10.6. The van der Waals surface area contributed by atoms with Gasteiger partial charge < -0.3 is 10.1 Å². The Hall–Kier alpha value is -2.10. The highest BCUT2D eigenvalue weighted by Gasteiger charge is 2.17. The van der Waals surface area contributed by atoms with Crippen LogP contribution >= 0.6 is 0 Å². The molecule has 1 aromatic carbocycles. The highest BCUT2D eigenvalue weighted by molar-refractivity contribution is 5.70. The van der Waals surface area contributed by atoms with E-state index in [4.69, 9.17) is 5.11 Å². The molecule has 4 heteroatoms. The van der Waals surface area contributed by atoms with E-state index in [1.165, 1.54) is 0 Å². The first kappa shape index (κ1) is 13.3. The normalized spacial score (nSPS) is 11.5. The number of hydrogen-bond acceptors (Lipinski definition) is 2. The van der Waals surface area contributed by atoms with Gasteiger partial charge in [0, 0.05) is 5.41 Å². The van der Waals surface area contributed by atoms with Crippen molar-refractivity contribution in [2.24, 2.45) is 0 Å². The third-order valence-corrected chi connectivity index (χ3v) is 2.91. The van der Waals surface area contributed by atoms with Gasteiger partial charge in [-0.1, -0.05) is 45.0 Å². The first-order valence-electron chi connectivity index (χ1n) is 6.23. The standard InChI is InChI=1S/C15H18N2O2/c1-15(2,3)14-16-9-12(17-14)11-6-4-10(5-7-11)8-13(18)19/h4-7,9H,8H2,1-3H3,(H,16,17)(H,18,19). The second kappa shape index (κ2) is 4.88. The van der Waals surface area contributed by atoms with Crippen molar-refractivity contribution in [3.63, 3.8) is 0 Å². The van der Waals surface area contributed by atoms with Gasteiger partial charge in [0.25, 0.3) is 0 Å². The van der Waals surface area contributed by atoms with Gasteiger partial charge in [0.15, 0.2) is 0 Å². The van der Waals surface area contributed by atoms with Crippen molar-refractivity contribution in [2.75, 3.05) is 0 Å². The number of nitrogens with one attached hydrogen (secondary N) is 1. The van der Waals surface area contributed by atoms with E-state index >= 15 is 0 Å². The number of imidazole rings is 1. The van der Waals surface area contributed by atoms with Crippen LogP contribution in [-0.4, -0.2) is 21.0 Å². The monoisotopic (exact) mass is 258 g/mol. The van der Waals surface area contributed by atoms with Crippen LogP contribution in [0.25, 0.3) is 11.3 Å². The van der Waals surface area contributed by atoms with E-state index in [1.54, 1.807) is 0 Å². The molecule has 2 aromatic rings. The number of carbonyl (C=O) groups is 1. The van der Waals surface area contributed by atoms with Crippen molar-refractivity contribution in [2.45, 2.75) is 32.6 Å². The number of aromatic nitrogens is 2. The molecule has 0 amide bonds. The number of nitrogens with zero attached hydrogens (tertiary/aromatic N) is 1. The maximum atomic E-state index is 10.6. The lowest BCUT2D eigenvalue weighted by Gasteiger charge is -2.14. The van der Waals surface area contributed by atoms with Gasteiger partial charge in [0.1, 0.15) is 5.82 Å². The molecule has 0 atom stereocenters. The van der Waals surface area contributed by atoms with Crippen LogP contribution in [0, 0.1) is 0 Å². The molecule has 2 N–H and O–H groups in total. The van der Waals surface area contributed by atoms with Gasteiger partial charge in [0.2, 0.25) is 0 Å². The Balaban J connectivity index is 2.23. The van der Waals surface area contributed by atoms with Gasteiger partial charge in [-0.25, -0.2) is 4.98 Å². The minimum atomic E-state index is -0.815. The first-order chi connectivity index (χ1) is 8.86. The van der Waals surface area contributed by atoms with E-state index in [1.807, 2.05) is 30.5 Å². The number of aromatic amines is 1. The smallest absolute Gasteiger partial charge is 0.307 e. The summed E-state index contributed by atoms with van der Waals surface area (Å²) < 4.78 is 0. The predicted octanol–water partition coefficient (Wildman–Crippen LogP) is 3.00. The van der Waals surface area contributed by atoms with Crippen molar-refractivity contribution in [1.29, 1.82) is 0 Å². The summed E-state index contributed by atoms with van der Waals surface area (Å²) in [6.07, 6.45) is 1.86. The molecule has 0 fully saturated rings. The summed E-state index contributed by atoms with van der Waals surface area (Å²) in [6, 6.07) is 7.50. The number of aliphatic carboxylic acids is 1. The Morgan fingerprint density at radius 2 is 1.89 bits per heavy atom. The molecule has 0 aliphatic carbocycles. The zero-order valence-corrected chi connectivity index (χ0v) is 11.4. The van der Waals surface area contributed by atoms with Gasteiger partial charge in [-0.3, -0.25) is 4.79 Å². The van der Waals surface area contributed by atoms with E-state index in [2.05, 4.69) is 30.7 Å². The molecular weight excluding hydrogens is 240 g/mol. The van der Waals surface area contributed by atoms with Crippen LogP contribution in [0.2, 0.25) is 0 Å². The zero-order valence-electron chi connectivity index (χ0n) is 11.4. The predicted molar refractivity (Wildman–Crippen MR) is 74.1 cm³/mol. The number of carboxylic acids is 1. The summed E-state index contributed by atoms with van der Waals surface area (Å²) in [5, 5.41) is 8.73. The molecule has 1 heterocycles. The van der Waals surface area contributed by atoms with Crippen LogP contribution < -0.4 is 0 Å². The second-order valence-electron chi connectivity index (χ2n) is 5.66. The topological polar surface area (TPSA) is 66.0 Å². The van der Waals surface area contributed by atoms with Crippen molar-refractivity contribution >= 4 is 5.97 Å². The summed E-state index contributed by atoms with van der Waals surface area (Å²) >= 11 is 0. The van der Waals surface area contributed by atoms with Crippen molar-refractivity contribution in [3.05, 3.63) is 41.9 Å². The molecule has 0 bridgehead atoms. The molecular formula is C15H18N2O2. The summed E-state index contributed by atoms with van der Waals surface area (Å²) in [4.78, 5) is 18.3. The van der Waals surface area contributed by atoms with Gasteiger partial charge in [0.05, 0.1) is 18.3 Å². The molecule has 1 aromatic heterocycles. The molecule has 19 heavy (non-hydrogen) atoms. The number of H-pyrrole nitrogens is 1. The van der Waals surface area contributed by atoms with Crippen molar-refractivity contribution < 1.29 is 9.90 Å². The largest absolute Gasteiger partial charge is 0.481 e. The van der Waals surface area contributed by atoms with E-state index in [0.29, 0.717) is 0 Å². The van der Waals surface area contributed by atoms with E-state index in [0.717, 1.165) is 22.6 Å². The number of benzene rings is 1.